The third-order valence-electron chi connectivity index (χ3n) is 7.46. The lowest BCUT2D eigenvalue weighted by molar-refractivity contribution is -0.143. The first-order valence-corrected chi connectivity index (χ1v) is 11.8. The summed E-state index contributed by atoms with van der Waals surface area (Å²) in [6.45, 7) is 0.0504. The topological polar surface area (TPSA) is 57.7 Å². The Morgan fingerprint density at radius 2 is 1.55 bits per heavy atom. The van der Waals surface area contributed by atoms with Crippen LogP contribution in [0.2, 0.25) is 0 Å². The number of ketones is 1. The number of amides is 3. The summed E-state index contributed by atoms with van der Waals surface area (Å²) in [5, 5.41) is 2.11. The minimum Gasteiger partial charge on any atom is -0.313 e. The van der Waals surface area contributed by atoms with Crippen LogP contribution in [-0.2, 0) is 4.79 Å². The fourth-order valence-electron chi connectivity index (χ4n) is 5.79. The normalized spacial score (nSPS) is 25.0. The molecule has 3 fully saturated rings. The maximum atomic E-state index is 13.5. The van der Waals surface area contributed by atoms with E-state index < -0.39 is 0 Å². The summed E-state index contributed by atoms with van der Waals surface area (Å²) in [5.74, 6) is -0.199. The van der Waals surface area contributed by atoms with Gasteiger partial charge in [-0.1, -0.05) is 68.5 Å². The predicted molar refractivity (Wildman–Crippen MR) is 120 cm³/mol. The smallest absolute Gasteiger partial charge is 0.313 e. The van der Waals surface area contributed by atoms with Crippen LogP contribution in [0.5, 0.6) is 0 Å². The molecule has 1 aliphatic heterocycles. The molecule has 0 radical (unpaired) electrons. The van der Waals surface area contributed by atoms with E-state index in [4.69, 9.17) is 0 Å². The summed E-state index contributed by atoms with van der Waals surface area (Å²) in [6.07, 6.45) is 8.73. The first-order chi connectivity index (χ1) is 15.1. The summed E-state index contributed by atoms with van der Waals surface area (Å²) < 4.78 is 0. The molecule has 5 rings (SSSR count). The maximum absolute atomic E-state index is 13.5. The largest absolute Gasteiger partial charge is 0.327 e. The fraction of sp³-hybridized carbons (Fsp3) is 0.500. The van der Waals surface area contributed by atoms with Crippen molar-refractivity contribution in [2.24, 2.45) is 5.92 Å². The molecule has 2 unspecified atom stereocenters. The Balaban J connectivity index is 1.42. The van der Waals surface area contributed by atoms with Crippen molar-refractivity contribution in [2.75, 3.05) is 6.54 Å². The van der Waals surface area contributed by atoms with Crippen molar-refractivity contribution in [1.29, 1.82) is 0 Å². The Morgan fingerprint density at radius 3 is 2.35 bits per heavy atom. The van der Waals surface area contributed by atoms with Gasteiger partial charge in [0.25, 0.3) is 0 Å². The van der Waals surface area contributed by atoms with Crippen LogP contribution >= 0.6 is 0 Å². The van der Waals surface area contributed by atoms with Gasteiger partial charge in [-0.3, -0.25) is 14.5 Å². The number of carbonyl (C=O) groups excluding carboxylic acids is 3. The van der Waals surface area contributed by atoms with Gasteiger partial charge in [0.05, 0.1) is 12.5 Å². The van der Waals surface area contributed by atoms with Gasteiger partial charge in [0, 0.05) is 17.6 Å². The molecule has 0 spiro atoms. The zero-order valence-electron chi connectivity index (χ0n) is 18.0. The van der Waals surface area contributed by atoms with E-state index in [0.717, 1.165) is 62.1 Å². The molecule has 0 aromatic heterocycles. The average molecular weight is 419 g/mol. The Labute approximate surface area is 183 Å². The van der Waals surface area contributed by atoms with E-state index in [0.29, 0.717) is 5.56 Å². The maximum Gasteiger partial charge on any atom is 0.327 e. The van der Waals surface area contributed by atoms with Gasteiger partial charge < -0.3 is 4.90 Å². The minimum atomic E-state index is -0.241. The molecular weight excluding hydrogens is 388 g/mol. The summed E-state index contributed by atoms with van der Waals surface area (Å²) in [4.78, 5) is 43.4. The molecule has 1 saturated heterocycles. The molecule has 1 heterocycles. The highest BCUT2D eigenvalue weighted by Gasteiger charge is 2.49. The van der Waals surface area contributed by atoms with Crippen molar-refractivity contribution < 1.29 is 14.4 Å². The number of Topliss-reactive ketones (excluding diaryl/α,β-unsaturated/α-hetero) is 1. The SMILES string of the molecule is O=C(CN1C(=O)N(C2CCCCC2)C(=O)C2CCCCC21)c1ccc2ccccc2c1. The molecule has 2 aromatic rings. The molecule has 2 aliphatic carbocycles. The van der Waals surface area contributed by atoms with E-state index in [9.17, 15) is 14.4 Å². The number of hydrogen-bond donors (Lipinski definition) is 0. The summed E-state index contributed by atoms with van der Waals surface area (Å²) in [7, 11) is 0. The van der Waals surface area contributed by atoms with Crippen molar-refractivity contribution in [1.82, 2.24) is 9.80 Å². The van der Waals surface area contributed by atoms with E-state index in [1.54, 1.807) is 9.80 Å². The molecule has 2 saturated carbocycles. The number of carbonyl (C=O) groups is 3. The van der Waals surface area contributed by atoms with Crippen LogP contribution in [-0.4, -0.2) is 46.1 Å². The second kappa shape index (κ2) is 8.45. The lowest BCUT2D eigenvalue weighted by atomic mass is 9.80. The molecule has 0 N–H and O–H groups in total. The van der Waals surface area contributed by atoms with Crippen molar-refractivity contribution in [3.8, 4) is 0 Å². The van der Waals surface area contributed by atoms with Gasteiger partial charge in [0.15, 0.2) is 5.78 Å². The van der Waals surface area contributed by atoms with Gasteiger partial charge in [-0.05, 0) is 42.5 Å². The van der Waals surface area contributed by atoms with Crippen LogP contribution in [0.15, 0.2) is 42.5 Å². The van der Waals surface area contributed by atoms with Crippen LogP contribution < -0.4 is 0 Å². The summed E-state index contributed by atoms with van der Waals surface area (Å²) >= 11 is 0. The molecule has 2 aromatic carbocycles. The third-order valence-corrected chi connectivity index (χ3v) is 7.46. The lowest BCUT2D eigenvalue weighted by Gasteiger charge is -2.49. The number of urea groups is 1. The quantitative estimate of drug-likeness (QED) is 0.643. The number of imide groups is 1. The van der Waals surface area contributed by atoms with E-state index in [-0.39, 0.29) is 42.3 Å². The van der Waals surface area contributed by atoms with Crippen LogP contribution in [0.4, 0.5) is 4.79 Å². The van der Waals surface area contributed by atoms with Crippen LogP contribution in [0.25, 0.3) is 10.8 Å². The van der Waals surface area contributed by atoms with E-state index in [1.165, 1.54) is 6.42 Å². The zero-order chi connectivity index (χ0) is 21.4. The van der Waals surface area contributed by atoms with Gasteiger partial charge >= 0.3 is 6.03 Å². The number of hydrogen-bond acceptors (Lipinski definition) is 3. The highest BCUT2D eigenvalue weighted by molar-refractivity contribution is 6.05. The first kappa shape index (κ1) is 20.2. The standard InChI is InChI=1S/C26H30N2O3/c29-24(20-15-14-18-8-4-5-9-19(18)16-20)17-27-23-13-7-6-12-22(23)25(30)28(26(27)31)21-10-2-1-3-11-21/h4-5,8-9,14-16,21-23H,1-3,6-7,10-13,17H2. The third kappa shape index (κ3) is 3.75. The molecular formula is C26H30N2O3. The summed E-state index contributed by atoms with van der Waals surface area (Å²) in [6, 6.07) is 13.3. The monoisotopic (exact) mass is 418 g/mol. The zero-order valence-corrected chi connectivity index (χ0v) is 18.0. The highest BCUT2D eigenvalue weighted by Crippen LogP contribution is 2.37. The number of nitrogens with zero attached hydrogens (tertiary/aromatic N) is 2. The van der Waals surface area contributed by atoms with Crippen molar-refractivity contribution in [3.05, 3.63) is 48.0 Å². The second-order valence-electron chi connectivity index (χ2n) is 9.35. The molecule has 3 amide bonds. The fourth-order valence-corrected chi connectivity index (χ4v) is 5.79. The molecule has 3 aliphatic rings. The van der Waals surface area contributed by atoms with Gasteiger partial charge in [-0.25, -0.2) is 4.79 Å². The molecule has 5 heteroatoms. The molecule has 31 heavy (non-hydrogen) atoms. The highest BCUT2D eigenvalue weighted by atomic mass is 16.2. The van der Waals surface area contributed by atoms with E-state index >= 15 is 0 Å². The minimum absolute atomic E-state index is 0.00472. The van der Waals surface area contributed by atoms with E-state index in [1.807, 2.05) is 42.5 Å². The first-order valence-electron chi connectivity index (χ1n) is 11.8. The van der Waals surface area contributed by atoms with Crippen LogP contribution in [0.3, 0.4) is 0 Å². The van der Waals surface area contributed by atoms with Gasteiger partial charge in [-0.2, -0.15) is 0 Å². The summed E-state index contributed by atoms with van der Waals surface area (Å²) in [5.41, 5.74) is 0.625. The number of rotatable bonds is 4. The van der Waals surface area contributed by atoms with Crippen LogP contribution in [0, 0.1) is 5.92 Å². The molecule has 2 atom stereocenters. The van der Waals surface area contributed by atoms with Crippen molar-refractivity contribution in [3.63, 3.8) is 0 Å². The van der Waals surface area contributed by atoms with Gasteiger partial charge in [0.1, 0.15) is 0 Å². The Hall–Kier alpha value is -2.69. The predicted octanol–water partition coefficient (Wildman–Crippen LogP) is 5.18. The van der Waals surface area contributed by atoms with E-state index in [2.05, 4.69) is 0 Å². The number of benzene rings is 2. The Bertz CT molecular complexity index is 1010. The molecule has 162 valence electrons. The Kier molecular flexibility index (Phi) is 5.51. The van der Waals surface area contributed by atoms with Crippen LogP contribution in [0.1, 0.15) is 68.1 Å². The molecule has 0 bridgehead atoms. The lowest BCUT2D eigenvalue weighted by Crippen LogP contribution is -2.65. The number of fused-ring (bicyclic) bond motifs is 2. The van der Waals surface area contributed by atoms with Crippen molar-refractivity contribution >= 4 is 28.5 Å². The Morgan fingerprint density at radius 1 is 0.839 bits per heavy atom. The van der Waals surface area contributed by atoms with Gasteiger partial charge in [0.2, 0.25) is 5.91 Å². The molecule has 5 nitrogen and oxygen atoms in total. The second-order valence-corrected chi connectivity index (χ2v) is 9.35. The van der Waals surface area contributed by atoms with Crippen molar-refractivity contribution in [2.45, 2.75) is 69.9 Å². The average Bonchev–Trinajstić information content (AvgIpc) is 2.82. The van der Waals surface area contributed by atoms with Gasteiger partial charge in [-0.15, -0.1) is 0 Å².